The van der Waals surface area contributed by atoms with Gasteiger partial charge in [-0.15, -0.1) is 10.2 Å². The number of aromatic nitrogens is 5. The molecule has 0 spiro atoms. The van der Waals surface area contributed by atoms with Gasteiger partial charge in [0.1, 0.15) is 5.65 Å². The summed E-state index contributed by atoms with van der Waals surface area (Å²) in [4.78, 5) is 4.58. The van der Waals surface area contributed by atoms with Crippen molar-refractivity contribution < 1.29 is 0 Å². The molecule has 1 aromatic carbocycles. The second-order valence-electron chi connectivity index (χ2n) is 5.48. The van der Waals surface area contributed by atoms with Crippen molar-refractivity contribution in [2.75, 3.05) is 0 Å². The van der Waals surface area contributed by atoms with E-state index < -0.39 is 0 Å². The molecule has 25 heavy (non-hydrogen) atoms. The summed E-state index contributed by atoms with van der Waals surface area (Å²) < 4.78 is 3.86. The summed E-state index contributed by atoms with van der Waals surface area (Å²) in [5.41, 5.74) is 2.69. The van der Waals surface area contributed by atoms with Crippen molar-refractivity contribution >= 4 is 40.6 Å². The Labute approximate surface area is 158 Å². The highest BCUT2D eigenvalue weighted by molar-refractivity contribution is 7.98. The summed E-state index contributed by atoms with van der Waals surface area (Å²) in [5.74, 6) is 1.43. The van der Waals surface area contributed by atoms with Gasteiger partial charge in [0.15, 0.2) is 11.0 Å². The molecule has 0 aliphatic rings. The molecule has 4 aromatic rings. The van der Waals surface area contributed by atoms with Crippen LogP contribution in [0.25, 0.3) is 17.0 Å². The number of imidazole rings is 1. The predicted molar refractivity (Wildman–Crippen MR) is 101 cm³/mol. The van der Waals surface area contributed by atoms with E-state index in [2.05, 4.69) is 15.2 Å². The Hall–Kier alpha value is -2.02. The van der Waals surface area contributed by atoms with Crippen LogP contribution in [0.1, 0.15) is 5.69 Å². The Kier molecular flexibility index (Phi) is 4.41. The van der Waals surface area contributed by atoms with Gasteiger partial charge in [0.05, 0.1) is 15.7 Å². The number of hydrogen-bond acceptors (Lipinski definition) is 4. The number of benzene rings is 1. The molecule has 0 saturated heterocycles. The zero-order chi connectivity index (χ0) is 17.4. The van der Waals surface area contributed by atoms with Gasteiger partial charge in [-0.3, -0.25) is 0 Å². The molecule has 0 amide bonds. The first kappa shape index (κ1) is 16.4. The van der Waals surface area contributed by atoms with Gasteiger partial charge in [0, 0.05) is 30.8 Å². The molecule has 3 heterocycles. The van der Waals surface area contributed by atoms with Crippen LogP contribution in [0, 0.1) is 0 Å². The fourth-order valence-electron chi connectivity index (χ4n) is 2.54. The SMILES string of the molecule is Cn1c(SCc2cn3cc(Cl)ccc3n2)nnc1-c1ccccc1Cl. The Bertz CT molecular complexity index is 1060. The summed E-state index contributed by atoms with van der Waals surface area (Å²) in [6.45, 7) is 0. The van der Waals surface area contributed by atoms with Gasteiger partial charge in [-0.2, -0.15) is 0 Å². The van der Waals surface area contributed by atoms with Crippen molar-refractivity contribution in [3.8, 4) is 11.4 Å². The van der Waals surface area contributed by atoms with Crippen LogP contribution in [0.2, 0.25) is 10.0 Å². The van der Waals surface area contributed by atoms with Crippen LogP contribution >= 0.6 is 35.0 Å². The summed E-state index contributed by atoms with van der Waals surface area (Å²) in [7, 11) is 1.93. The van der Waals surface area contributed by atoms with Crippen LogP contribution in [-0.4, -0.2) is 24.1 Å². The second-order valence-corrected chi connectivity index (χ2v) is 7.26. The Morgan fingerprint density at radius 3 is 2.72 bits per heavy atom. The molecule has 0 saturated carbocycles. The van der Waals surface area contributed by atoms with Crippen molar-refractivity contribution in [3.05, 3.63) is 64.5 Å². The molecule has 0 fully saturated rings. The van der Waals surface area contributed by atoms with Crippen LogP contribution in [0.5, 0.6) is 0 Å². The van der Waals surface area contributed by atoms with Gasteiger partial charge >= 0.3 is 0 Å². The fourth-order valence-corrected chi connectivity index (χ4v) is 3.73. The van der Waals surface area contributed by atoms with Gasteiger partial charge in [-0.25, -0.2) is 4.98 Å². The lowest BCUT2D eigenvalue weighted by Gasteiger charge is -2.04. The molecule has 0 aliphatic carbocycles. The van der Waals surface area contributed by atoms with Crippen LogP contribution in [-0.2, 0) is 12.8 Å². The average molecular weight is 390 g/mol. The molecule has 0 atom stereocenters. The van der Waals surface area contributed by atoms with E-state index in [1.807, 2.05) is 64.8 Å². The largest absolute Gasteiger partial charge is 0.305 e. The van der Waals surface area contributed by atoms with Gasteiger partial charge < -0.3 is 8.97 Å². The highest BCUT2D eigenvalue weighted by Crippen LogP contribution is 2.29. The number of fused-ring (bicyclic) bond motifs is 1. The number of nitrogens with zero attached hydrogens (tertiary/aromatic N) is 5. The predicted octanol–water partition coefficient (Wildman–Crippen LogP) is 4.73. The van der Waals surface area contributed by atoms with E-state index in [9.17, 15) is 0 Å². The molecule has 0 bridgehead atoms. The lowest BCUT2D eigenvalue weighted by molar-refractivity contribution is 0.793. The maximum Gasteiger partial charge on any atom is 0.191 e. The van der Waals surface area contributed by atoms with E-state index in [0.29, 0.717) is 15.8 Å². The molecule has 0 radical (unpaired) electrons. The van der Waals surface area contributed by atoms with Crippen LogP contribution in [0.3, 0.4) is 0 Å². The van der Waals surface area contributed by atoms with Crippen LogP contribution < -0.4 is 0 Å². The van der Waals surface area contributed by atoms with E-state index in [0.717, 1.165) is 27.9 Å². The third kappa shape index (κ3) is 3.25. The molecule has 126 valence electrons. The highest BCUT2D eigenvalue weighted by Gasteiger charge is 2.14. The molecule has 0 N–H and O–H groups in total. The molecule has 5 nitrogen and oxygen atoms in total. The lowest BCUT2D eigenvalue weighted by Crippen LogP contribution is -1.95. The first-order chi connectivity index (χ1) is 12.1. The second kappa shape index (κ2) is 6.71. The van der Waals surface area contributed by atoms with Gasteiger partial charge in [0.25, 0.3) is 0 Å². The Morgan fingerprint density at radius 2 is 1.88 bits per heavy atom. The third-order valence-electron chi connectivity index (χ3n) is 3.76. The fraction of sp³-hybridized carbons (Fsp3) is 0.118. The van der Waals surface area contributed by atoms with Gasteiger partial charge in [-0.1, -0.05) is 47.1 Å². The minimum absolute atomic E-state index is 0.659. The zero-order valence-electron chi connectivity index (χ0n) is 13.2. The van der Waals surface area contributed by atoms with Crippen molar-refractivity contribution in [2.24, 2.45) is 7.05 Å². The average Bonchev–Trinajstić information content (AvgIpc) is 3.16. The normalized spacial score (nSPS) is 11.3. The molecule has 8 heteroatoms. The van der Waals surface area contributed by atoms with E-state index in [1.54, 1.807) is 11.8 Å². The number of hydrogen-bond donors (Lipinski definition) is 0. The first-order valence-electron chi connectivity index (χ1n) is 7.52. The lowest BCUT2D eigenvalue weighted by atomic mass is 10.2. The van der Waals surface area contributed by atoms with E-state index >= 15 is 0 Å². The number of halogens is 2. The molecule has 0 unspecified atom stereocenters. The topological polar surface area (TPSA) is 48.0 Å². The molecule has 0 aliphatic heterocycles. The monoisotopic (exact) mass is 389 g/mol. The number of rotatable bonds is 4. The smallest absolute Gasteiger partial charge is 0.191 e. The molecule has 4 rings (SSSR count). The van der Waals surface area contributed by atoms with Gasteiger partial charge in [0.2, 0.25) is 0 Å². The standard InChI is InChI=1S/C17H13Cl2N5S/c1-23-16(13-4-2-3-5-14(13)19)21-22-17(23)25-10-12-9-24-8-11(18)6-7-15(24)20-12/h2-9H,10H2,1H3. The highest BCUT2D eigenvalue weighted by atomic mass is 35.5. The van der Waals surface area contributed by atoms with Gasteiger partial charge in [-0.05, 0) is 24.3 Å². The van der Waals surface area contributed by atoms with E-state index in [1.165, 1.54) is 0 Å². The molecule has 3 aromatic heterocycles. The van der Waals surface area contributed by atoms with Crippen molar-refractivity contribution in [1.29, 1.82) is 0 Å². The maximum absolute atomic E-state index is 6.26. The van der Waals surface area contributed by atoms with Crippen LogP contribution in [0.4, 0.5) is 0 Å². The summed E-state index contributed by atoms with van der Waals surface area (Å²) in [5, 5.41) is 10.7. The Balaban J connectivity index is 1.56. The minimum atomic E-state index is 0.659. The quantitative estimate of drug-likeness (QED) is 0.473. The molecular formula is C17H13Cl2N5S. The summed E-state index contributed by atoms with van der Waals surface area (Å²) >= 11 is 13.8. The summed E-state index contributed by atoms with van der Waals surface area (Å²) in [6, 6.07) is 11.3. The van der Waals surface area contributed by atoms with E-state index in [-0.39, 0.29) is 0 Å². The summed E-state index contributed by atoms with van der Waals surface area (Å²) in [6.07, 6.45) is 3.81. The van der Waals surface area contributed by atoms with Crippen molar-refractivity contribution in [2.45, 2.75) is 10.9 Å². The molecular weight excluding hydrogens is 377 g/mol. The van der Waals surface area contributed by atoms with Crippen LogP contribution in [0.15, 0.2) is 53.9 Å². The zero-order valence-corrected chi connectivity index (χ0v) is 15.6. The van der Waals surface area contributed by atoms with Crippen molar-refractivity contribution in [3.63, 3.8) is 0 Å². The minimum Gasteiger partial charge on any atom is -0.305 e. The number of pyridine rings is 1. The third-order valence-corrected chi connectivity index (χ3v) is 5.37. The number of thioether (sulfide) groups is 1. The van der Waals surface area contributed by atoms with Crippen molar-refractivity contribution in [1.82, 2.24) is 24.1 Å². The maximum atomic E-state index is 6.26. The van der Waals surface area contributed by atoms with E-state index in [4.69, 9.17) is 23.2 Å². The first-order valence-corrected chi connectivity index (χ1v) is 9.26. The Morgan fingerprint density at radius 1 is 1.04 bits per heavy atom.